The van der Waals surface area contributed by atoms with Gasteiger partial charge in [0.1, 0.15) is 12.6 Å². The summed E-state index contributed by atoms with van der Waals surface area (Å²) in [5, 5.41) is 14.6. The molecule has 0 aliphatic heterocycles. The first-order valence-corrected chi connectivity index (χ1v) is 11.4. The number of carboxylic acid groups (broad SMARTS) is 1. The third-order valence-electron chi connectivity index (χ3n) is 5.85. The van der Waals surface area contributed by atoms with Gasteiger partial charge in [-0.1, -0.05) is 62.4 Å². The van der Waals surface area contributed by atoms with Crippen molar-refractivity contribution in [2.24, 2.45) is 5.92 Å². The fraction of sp³-hybridized carbons (Fsp3) is 0.423. The summed E-state index contributed by atoms with van der Waals surface area (Å²) in [5.74, 6) is -1.25. The van der Waals surface area contributed by atoms with Crippen LogP contribution in [0.4, 0.5) is 4.79 Å². The zero-order valence-electron chi connectivity index (χ0n) is 19.3. The van der Waals surface area contributed by atoms with Crippen LogP contribution < -0.4 is 10.6 Å². The minimum Gasteiger partial charge on any atom is -0.480 e. The molecule has 7 heteroatoms. The van der Waals surface area contributed by atoms with Gasteiger partial charge in [-0.3, -0.25) is 4.79 Å². The second kappa shape index (κ2) is 11.0. The highest BCUT2D eigenvalue weighted by Crippen LogP contribution is 2.44. The van der Waals surface area contributed by atoms with Gasteiger partial charge in [0.15, 0.2) is 0 Å². The van der Waals surface area contributed by atoms with Crippen LogP contribution in [0.15, 0.2) is 48.5 Å². The molecule has 0 heterocycles. The zero-order valence-corrected chi connectivity index (χ0v) is 19.3. The van der Waals surface area contributed by atoms with E-state index in [4.69, 9.17) is 4.74 Å². The lowest BCUT2D eigenvalue weighted by molar-refractivity contribution is -0.142. The average Bonchev–Trinajstić information content (AvgIpc) is 3.09. The maximum atomic E-state index is 12.4. The number of carbonyl (C=O) groups excluding carboxylic acids is 2. The smallest absolute Gasteiger partial charge is 0.407 e. The summed E-state index contributed by atoms with van der Waals surface area (Å²) in [5.41, 5.74) is 4.62. The summed E-state index contributed by atoms with van der Waals surface area (Å²) in [6.07, 6.45) is 0.332. The lowest BCUT2D eigenvalue weighted by Crippen LogP contribution is -2.42. The van der Waals surface area contributed by atoms with Crippen LogP contribution in [0, 0.1) is 5.92 Å². The predicted molar refractivity (Wildman–Crippen MR) is 126 cm³/mol. The predicted octanol–water partition coefficient (Wildman–Crippen LogP) is 4.31. The Bertz CT molecular complexity index is 958. The molecule has 2 atom stereocenters. The number of alkyl carbamates (subject to hydrolysis) is 1. The highest BCUT2D eigenvalue weighted by molar-refractivity contribution is 5.83. The monoisotopic (exact) mass is 452 g/mol. The number of carboxylic acids is 1. The SMILES string of the molecule is CC(C)C[C@@H](NC(=O)CCC(C)NC(=O)OCC1c2ccccc2-c2ccccc21)C(=O)O. The summed E-state index contributed by atoms with van der Waals surface area (Å²) in [6, 6.07) is 15.1. The highest BCUT2D eigenvalue weighted by Gasteiger charge is 2.29. The first kappa shape index (κ1) is 24.3. The van der Waals surface area contributed by atoms with Crippen molar-refractivity contribution in [1.82, 2.24) is 10.6 Å². The molecule has 0 fully saturated rings. The second-order valence-corrected chi connectivity index (χ2v) is 9.00. The third-order valence-corrected chi connectivity index (χ3v) is 5.85. The Hall–Kier alpha value is -3.35. The summed E-state index contributed by atoms with van der Waals surface area (Å²) in [4.78, 5) is 35.8. The number of amides is 2. The van der Waals surface area contributed by atoms with E-state index < -0.39 is 18.1 Å². The van der Waals surface area contributed by atoms with Crippen LogP contribution in [0.2, 0.25) is 0 Å². The Kier molecular flexibility index (Phi) is 8.09. The van der Waals surface area contributed by atoms with Crippen LogP contribution in [0.5, 0.6) is 0 Å². The molecule has 2 amide bonds. The molecule has 0 saturated carbocycles. The maximum Gasteiger partial charge on any atom is 0.407 e. The molecule has 33 heavy (non-hydrogen) atoms. The number of hydrogen-bond donors (Lipinski definition) is 3. The van der Waals surface area contributed by atoms with E-state index in [2.05, 4.69) is 34.9 Å². The van der Waals surface area contributed by atoms with Gasteiger partial charge in [-0.05, 0) is 47.9 Å². The van der Waals surface area contributed by atoms with Gasteiger partial charge in [0.25, 0.3) is 0 Å². The van der Waals surface area contributed by atoms with Crippen molar-refractivity contribution < 1.29 is 24.2 Å². The molecular weight excluding hydrogens is 420 g/mol. The Labute approximate surface area is 194 Å². The second-order valence-electron chi connectivity index (χ2n) is 9.00. The average molecular weight is 453 g/mol. The van der Waals surface area contributed by atoms with E-state index in [-0.39, 0.29) is 36.8 Å². The molecule has 176 valence electrons. The van der Waals surface area contributed by atoms with Crippen molar-refractivity contribution in [3.63, 3.8) is 0 Å². The van der Waals surface area contributed by atoms with Gasteiger partial charge in [0, 0.05) is 18.4 Å². The molecular formula is C26H32N2O5. The zero-order chi connectivity index (χ0) is 24.0. The van der Waals surface area contributed by atoms with E-state index in [9.17, 15) is 19.5 Å². The number of carbonyl (C=O) groups is 3. The first-order valence-electron chi connectivity index (χ1n) is 11.4. The van der Waals surface area contributed by atoms with Gasteiger partial charge >= 0.3 is 12.1 Å². The Morgan fingerprint density at radius 1 is 0.939 bits per heavy atom. The van der Waals surface area contributed by atoms with Gasteiger partial charge < -0.3 is 20.5 Å². The van der Waals surface area contributed by atoms with E-state index in [1.54, 1.807) is 6.92 Å². The molecule has 3 N–H and O–H groups in total. The van der Waals surface area contributed by atoms with Gasteiger partial charge in [0.2, 0.25) is 5.91 Å². The van der Waals surface area contributed by atoms with Crippen molar-refractivity contribution in [1.29, 1.82) is 0 Å². The van der Waals surface area contributed by atoms with Gasteiger partial charge in [-0.2, -0.15) is 0 Å². The largest absolute Gasteiger partial charge is 0.480 e. The van der Waals surface area contributed by atoms with Gasteiger partial charge in [-0.25, -0.2) is 9.59 Å². The highest BCUT2D eigenvalue weighted by atomic mass is 16.5. The molecule has 0 spiro atoms. The van der Waals surface area contributed by atoms with Crippen LogP contribution in [0.3, 0.4) is 0 Å². The molecule has 1 aliphatic carbocycles. The topological polar surface area (TPSA) is 105 Å². The summed E-state index contributed by atoms with van der Waals surface area (Å²) < 4.78 is 5.53. The van der Waals surface area contributed by atoms with Crippen molar-refractivity contribution in [3.05, 3.63) is 59.7 Å². The summed E-state index contributed by atoms with van der Waals surface area (Å²) in [6.45, 7) is 5.82. The molecule has 7 nitrogen and oxygen atoms in total. The molecule has 0 bridgehead atoms. The van der Waals surface area contributed by atoms with Gasteiger partial charge in [-0.15, -0.1) is 0 Å². The van der Waals surface area contributed by atoms with Crippen LogP contribution in [0.1, 0.15) is 57.1 Å². The van der Waals surface area contributed by atoms with Crippen LogP contribution >= 0.6 is 0 Å². The molecule has 0 aromatic heterocycles. The Morgan fingerprint density at radius 3 is 2.06 bits per heavy atom. The molecule has 3 rings (SSSR count). The number of nitrogens with one attached hydrogen (secondary N) is 2. The number of benzene rings is 2. The molecule has 0 saturated heterocycles. The number of fused-ring (bicyclic) bond motifs is 3. The number of aliphatic carboxylic acids is 1. The maximum absolute atomic E-state index is 12.4. The standard InChI is InChI=1S/C26H32N2O5/c1-16(2)14-23(25(30)31)28-24(29)13-12-17(3)27-26(32)33-15-22-20-10-6-4-8-18(20)19-9-5-7-11-21(19)22/h4-11,16-17,22-23H,12-15H2,1-3H3,(H,27,32)(H,28,29)(H,30,31)/t17?,23-/m1/s1. The van der Waals surface area contributed by atoms with Crippen LogP contribution in [-0.2, 0) is 14.3 Å². The minimum absolute atomic E-state index is 0.0156. The molecule has 1 unspecified atom stereocenters. The Balaban J connectivity index is 1.47. The van der Waals surface area contributed by atoms with E-state index in [1.165, 1.54) is 11.1 Å². The molecule has 1 aliphatic rings. The van der Waals surface area contributed by atoms with E-state index in [0.29, 0.717) is 12.8 Å². The van der Waals surface area contributed by atoms with Crippen LogP contribution in [0.25, 0.3) is 11.1 Å². The lowest BCUT2D eigenvalue weighted by Gasteiger charge is -2.18. The number of hydrogen-bond acceptors (Lipinski definition) is 4. The minimum atomic E-state index is -1.04. The van der Waals surface area contributed by atoms with E-state index in [1.807, 2.05) is 38.1 Å². The number of ether oxygens (including phenoxy) is 1. The molecule has 0 radical (unpaired) electrons. The quantitative estimate of drug-likeness (QED) is 0.498. The van der Waals surface area contributed by atoms with E-state index >= 15 is 0 Å². The van der Waals surface area contributed by atoms with E-state index in [0.717, 1.165) is 11.1 Å². The normalized spacial score (nSPS) is 14.2. The van der Waals surface area contributed by atoms with Crippen molar-refractivity contribution in [2.45, 2.75) is 58.0 Å². The Morgan fingerprint density at radius 2 is 1.52 bits per heavy atom. The van der Waals surface area contributed by atoms with Crippen molar-refractivity contribution >= 4 is 18.0 Å². The number of rotatable bonds is 10. The molecule has 2 aromatic carbocycles. The fourth-order valence-corrected chi connectivity index (χ4v) is 4.22. The first-order chi connectivity index (χ1) is 15.8. The lowest BCUT2D eigenvalue weighted by atomic mass is 9.98. The van der Waals surface area contributed by atoms with Crippen molar-refractivity contribution in [2.75, 3.05) is 6.61 Å². The van der Waals surface area contributed by atoms with Crippen molar-refractivity contribution in [3.8, 4) is 11.1 Å². The van der Waals surface area contributed by atoms with Gasteiger partial charge in [0.05, 0.1) is 0 Å². The molecule has 2 aromatic rings. The van der Waals surface area contributed by atoms with Crippen LogP contribution in [-0.4, -0.2) is 41.8 Å². The summed E-state index contributed by atoms with van der Waals surface area (Å²) >= 11 is 0. The summed E-state index contributed by atoms with van der Waals surface area (Å²) in [7, 11) is 0. The third kappa shape index (κ3) is 6.34. The fourth-order valence-electron chi connectivity index (χ4n) is 4.22.